The Labute approximate surface area is 125 Å². The van der Waals surface area contributed by atoms with E-state index in [1.54, 1.807) is 30.3 Å². The van der Waals surface area contributed by atoms with E-state index in [2.05, 4.69) is 10.2 Å². The van der Waals surface area contributed by atoms with Crippen molar-refractivity contribution in [3.63, 3.8) is 0 Å². The average molecular weight is 297 g/mol. The van der Waals surface area contributed by atoms with E-state index in [4.69, 9.17) is 9.15 Å². The summed E-state index contributed by atoms with van der Waals surface area (Å²) in [7, 11) is 1.54. The highest BCUT2D eigenvalue weighted by molar-refractivity contribution is 5.68. The van der Waals surface area contributed by atoms with Crippen LogP contribution in [0.4, 0.5) is 5.69 Å². The van der Waals surface area contributed by atoms with Gasteiger partial charge in [-0.05, 0) is 18.2 Å². The monoisotopic (exact) mass is 297 g/mol. The molecule has 1 heterocycles. The number of nitro groups is 1. The molecule has 7 heteroatoms. The van der Waals surface area contributed by atoms with Gasteiger partial charge in [0.15, 0.2) is 0 Å². The van der Waals surface area contributed by atoms with Gasteiger partial charge in [-0.25, -0.2) is 0 Å². The molecule has 3 aromatic rings. The molecule has 0 bridgehead atoms. The third kappa shape index (κ3) is 2.39. The van der Waals surface area contributed by atoms with E-state index < -0.39 is 4.92 Å². The Morgan fingerprint density at radius 2 is 1.59 bits per heavy atom. The fraction of sp³-hybridized carbons (Fsp3) is 0.0667. The van der Waals surface area contributed by atoms with Crippen LogP contribution in [-0.2, 0) is 0 Å². The third-order valence-electron chi connectivity index (χ3n) is 3.09. The van der Waals surface area contributed by atoms with E-state index in [9.17, 15) is 10.1 Å². The zero-order valence-corrected chi connectivity index (χ0v) is 11.6. The first-order chi connectivity index (χ1) is 10.7. The van der Waals surface area contributed by atoms with Gasteiger partial charge in [0.1, 0.15) is 11.3 Å². The molecule has 0 atom stereocenters. The lowest BCUT2D eigenvalue weighted by molar-refractivity contribution is -0.384. The molecule has 110 valence electrons. The van der Waals surface area contributed by atoms with Gasteiger partial charge in [-0.3, -0.25) is 10.1 Å². The van der Waals surface area contributed by atoms with Crippen LogP contribution >= 0.6 is 0 Å². The fourth-order valence-corrected chi connectivity index (χ4v) is 2.08. The maximum Gasteiger partial charge on any atom is 0.282 e. The molecule has 0 spiro atoms. The maximum absolute atomic E-state index is 11.1. The van der Waals surface area contributed by atoms with E-state index in [0.29, 0.717) is 11.3 Å². The summed E-state index contributed by atoms with van der Waals surface area (Å²) >= 11 is 0. The summed E-state index contributed by atoms with van der Waals surface area (Å²) < 4.78 is 10.8. The van der Waals surface area contributed by atoms with Crippen molar-refractivity contribution in [1.82, 2.24) is 10.2 Å². The van der Waals surface area contributed by atoms with Crippen LogP contribution in [0.15, 0.2) is 52.9 Å². The van der Waals surface area contributed by atoms with Crippen molar-refractivity contribution in [2.75, 3.05) is 7.11 Å². The van der Waals surface area contributed by atoms with E-state index in [1.807, 2.05) is 12.1 Å². The van der Waals surface area contributed by atoms with Crippen molar-refractivity contribution < 1.29 is 14.1 Å². The molecule has 3 rings (SSSR count). The number of nitrogens with zero attached hydrogens (tertiary/aromatic N) is 3. The molecule has 0 aliphatic carbocycles. The summed E-state index contributed by atoms with van der Waals surface area (Å²) in [6, 6.07) is 13.4. The maximum atomic E-state index is 11.1. The first kappa shape index (κ1) is 13.7. The van der Waals surface area contributed by atoms with Gasteiger partial charge in [0.05, 0.1) is 17.6 Å². The second kappa shape index (κ2) is 5.65. The number of hydrogen-bond donors (Lipinski definition) is 0. The Kier molecular flexibility index (Phi) is 3.53. The van der Waals surface area contributed by atoms with Gasteiger partial charge in [-0.15, -0.1) is 10.2 Å². The van der Waals surface area contributed by atoms with Crippen molar-refractivity contribution in [2.45, 2.75) is 0 Å². The molecule has 0 amide bonds. The molecular weight excluding hydrogens is 286 g/mol. The Morgan fingerprint density at radius 3 is 2.27 bits per heavy atom. The predicted molar refractivity (Wildman–Crippen MR) is 78.4 cm³/mol. The topological polar surface area (TPSA) is 91.3 Å². The smallest absolute Gasteiger partial charge is 0.282 e. The molecule has 0 radical (unpaired) electrons. The molecule has 0 saturated carbocycles. The van der Waals surface area contributed by atoms with Gasteiger partial charge < -0.3 is 9.15 Å². The summed E-state index contributed by atoms with van der Waals surface area (Å²) in [5.41, 5.74) is 0.821. The van der Waals surface area contributed by atoms with E-state index >= 15 is 0 Å². The van der Waals surface area contributed by atoms with Crippen LogP contribution in [0.25, 0.3) is 22.9 Å². The van der Waals surface area contributed by atoms with Crippen LogP contribution in [0.5, 0.6) is 5.75 Å². The minimum absolute atomic E-state index is 0.0854. The highest BCUT2D eigenvalue weighted by atomic mass is 16.6. The van der Waals surface area contributed by atoms with Gasteiger partial charge in [0.25, 0.3) is 17.5 Å². The number of benzene rings is 2. The van der Waals surface area contributed by atoms with E-state index in [1.165, 1.54) is 13.2 Å². The second-order valence-corrected chi connectivity index (χ2v) is 4.39. The first-order valence-corrected chi connectivity index (χ1v) is 6.41. The van der Waals surface area contributed by atoms with Gasteiger partial charge in [-0.1, -0.05) is 24.3 Å². The van der Waals surface area contributed by atoms with Crippen molar-refractivity contribution in [2.24, 2.45) is 0 Å². The zero-order chi connectivity index (χ0) is 15.5. The van der Waals surface area contributed by atoms with Crippen LogP contribution < -0.4 is 4.74 Å². The van der Waals surface area contributed by atoms with Gasteiger partial charge in [0.2, 0.25) is 0 Å². The number of aromatic nitrogens is 2. The number of hydrogen-bond acceptors (Lipinski definition) is 6. The number of rotatable bonds is 4. The lowest BCUT2D eigenvalue weighted by Gasteiger charge is -2.03. The minimum atomic E-state index is -0.484. The molecule has 0 N–H and O–H groups in total. The van der Waals surface area contributed by atoms with Crippen molar-refractivity contribution >= 4 is 5.69 Å². The molecule has 0 unspecified atom stereocenters. The molecular formula is C15H11N3O4. The van der Waals surface area contributed by atoms with E-state index in [0.717, 1.165) is 0 Å². The normalized spacial score (nSPS) is 10.4. The minimum Gasteiger partial charge on any atom is -0.496 e. The standard InChI is InChI=1S/C15H11N3O4/c1-21-13-9-5-3-7-11(13)15-17-16-14(22-15)10-6-2-4-8-12(10)18(19)20/h2-9H,1H3. The van der Waals surface area contributed by atoms with Crippen LogP contribution in [0.2, 0.25) is 0 Å². The third-order valence-corrected chi connectivity index (χ3v) is 3.09. The molecule has 1 aromatic heterocycles. The number of ether oxygens (including phenoxy) is 1. The Morgan fingerprint density at radius 1 is 1.00 bits per heavy atom. The van der Waals surface area contributed by atoms with Gasteiger partial charge in [-0.2, -0.15) is 0 Å². The Bertz CT molecular complexity index is 829. The highest BCUT2D eigenvalue weighted by Gasteiger charge is 2.20. The Balaban J connectivity index is 2.07. The molecule has 2 aromatic carbocycles. The van der Waals surface area contributed by atoms with Crippen molar-refractivity contribution in [1.29, 1.82) is 0 Å². The average Bonchev–Trinajstić information content (AvgIpc) is 3.04. The molecule has 0 fully saturated rings. The number of para-hydroxylation sites is 2. The molecule has 0 aliphatic rings. The predicted octanol–water partition coefficient (Wildman–Crippen LogP) is 3.32. The van der Waals surface area contributed by atoms with E-state index in [-0.39, 0.29) is 23.0 Å². The summed E-state index contributed by atoms with van der Waals surface area (Å²) in [4.78, 5) is 10.6. The molecule has 22 heavy (non-hydrogen) atoms. The van der Waals surface area contributed by atoms with Crippen LogP contribution in [0.1, 0.15) is 0 Å². The van der Waals surface area contributed by atoms with Gasteiger partial charge >= 0.3 is 0 Å². The van der Waals surface area contributed by atoms with Gasteiger partial charge in [0, 0.05) is 6.07 Å². The second-order valence-electron chi connectivity index (χ2n) is 4.39. The van der Waals surface area contributed by atoms with Crippen molar-refractivity contribution in [3.05, 3.63) is 58.6 Å². The largest absolute Gasteiger partial charge is 0.496 e. The summed E-state index contributed by atoms with van der Waals surface area (Å²) in [5.74, 6) is 0.916. The molecule has 7 nitrogen and oxygen atoms in total. The first-order valence-electron chi connectivity index (χ1n) is 6.41. The summed E-state index contributed by atoms with van der Waals surface area (Å²) in [6.45, 7) is 0. The van der Waals surface area contributed by atoms with Crippen LogP contribution in [-0.4, -0.2) is 22.2 Å². The SMILES string of the molecule is COc1ccccc1-c1nnc(-c2ccccc2[N+](=O)[O-])o1. The zero-order valence-electron chi connectivity index (χ0n) is 11.6. The quantitative estimate of drug-likeness (QED) is 0.542. The summed E-state index contributed by atoms with van der Waals surface area (Å²) in [6.07, 6.45) is 0. The molecule has 0 saturated heterocycles. The Hall–Kier alpha value is -3.22. The fourth-order valence-electron chi connectivity index (χ4n) is 2.08. The van der Waals surface area contributed by atoms with Crippen LogP contribution in [0, 0.1) is 10.1 Å². The lowest BCUT2D eigenvalue weighted by atomic mass is 10.2. The summed E-state index contributed by atoms with van der Waals surface area (Å²) in [5, 5.41) is 18.9. The van der Waals surface area contributed by atoms with Crippen molar-refractivity contribution in [3.8, 4) is 28.7 Å². The lowest BCUT2D eigenvalue weighted by Crippen LogP contribution is -1.91. The van der Waals surface area contributed by atoms with Crippen LogP contribution in [0.3, 0.4) is 0 Å². The number of nitro benzene ring substituents is 1. The molecule has 0 aliphatic heterocycles. The highest BCUT2D eigenvalue weighted by Crippen LogP contribution is 2.33. The number of methoxy groups -OCH3 is 1.